The van der Waals surface area contributed by atoms with E-state index >= 15 is 0 Å². The molecule has 0 unspecified atom stereocenters. The molecule has 1 N–H and O–H groups in total. The van der Waals surface area contributed by atoms with Gasteiger partial charge >= 0.3 is 17.1 Å². The smallest absolute Gasteiger partial charge is 0.744 e. The van der Waals surface area contributed by atoms with E-state index in [1.807, 2.05) is 6.92 Å². The van der Waals surface area contributed by atoms with Gasteiger partial charge in [0, 0.05) is 6.61 Å². The Kier molecular flexibility index (Phi) is 10.7. The third-order valence-corrected chi connectivity index (χ3v) is 2.67. The molecule has 1 radical (unpaired) electrons. The van der Waals surface area contributed by atoms with E-state index in [0.717, 1.165) is 18.4 Å². The van der Waals surface area contributed by atoms with Gasteiger partial charge in [-0.1, -0.05) is 31.0 Å². The zero-order chi connectivity index (χ0) is 12.6. The Morgan fingerprint density at radius 3 is 1.94 bits per heavy atom. The Labute approximate surface area is 113 Å². The molecule has 97 valence electrons. The fourth-order valence-electron chi connectivity index (χ4n) is 0.863. The van der Waals surface area contributed by atoms with E-state index < -0.39 is 10.1 Å². The molecule has 1 aromatic carbocycles. The van der Waals surface area contributed by atoms with Gasteiger partial charge in [-0.05, 0) is 25.5 Å². The van der Waals surface area contributed by atoms with Crippen LogP contribution in [0.3, 0.4) is 0 Å². The van der Waals surface area contributed by atoms with Gasteiger partial charge in [0.2, 0.25) is 0 Å². The van der Waals surface area contributed by atoms with Crippen molar-refractivity contribution in [3.63, 3.8) is 0 Å². The van der Waals surface area contributed by atoms with E-state index in [2.05, 4.69) is 6.92 Å². The van der Waals surface area contributed by atoms with Gasteiger partial charge in [0.25, 0.3) is 0 Å². The van der Waals surface area contributed by atoms with Crippen LogP contribution in [0.15, 0.2) is 29.2 Å². The third kappa shape index (κ3) is 9.32. The second kappa shape index (κ2) is 9.62. The van der Waals surface area contributed by atoms with Crippen LogP contribution >= 0.6 is 0 Å². The van der Waals surface area contributed by atoms with Crippen molar-refractivity contribution in [2.24, 2.45) is 0 Å². The molecule has 0 aliphatic heterocycles. The molecule has 0 aliphatic carbocycles. The van der Waals surface area contributed by atoms with Gasteiger partial charge < -0.3 is 9.66 Å². The molecule has 1 rings (SSSR count). The quantitative estimate of drug-likeness (QED) is 0.680. The van der Waals surface area contributed by atoms with Crippen molar-refractivity contribution in [2.45, 2.75) is 31.6 Å². The molecule has 1 aromatic rings. The molecule has 0 fully saturated rings. The van der Waals surface area contributed by atoms with Crippen LogP contribution in [-0.2, 0) is 27.2 Å². The van der Waals surface area contributed by atoms with Crippen LogP contribution in [0.4, 0.5) is 0 Å². The molecule has 4 nitrogen and oxygen atoms in total. The van der Waals surface area contributed by atoms with Crippen molar-refractivity contribution >= 4 is 10.1 Å². The van der Waals surface area contributed by atoms with Gasteiger partial charge in [-0.3, -0.25) is 0 Å². The van der Waals surface area contributed by atoms with Crippen LogP contribution in [-0.4, -0.2) is 24.7 Å². The zero-order valence-corrected chi connectivity index (χ0v) is 11.8. The number of hydrogen-bond acceptors (Lipinski definition) is 4. The van der Waals surface area contributed by atoms with Crippen LogP contribution in [0.1, 0.15) is 25.3 Å². The summed E-state index contributed by atoms with van der Waals surface area (Å²) in [5.41, 5.74) is 0.928. The first kappa shape index (κ1) is 19.0. The summed E-state index contributed by atoms with van der Waals surface area (Å²) in [5, 5.41) is 8.07. The molecule has 0 saturated heterocycles. The van der Waals surface area contributed by atoms with Crippen LogP contribution in [0.5, 0.6) is 0 Å². The summed E-state index contributed by atoms with van der Waals surface area (Å²) >= 11 is 0. The molecule has 0 saturated carbocycles. The molecule has 0 amide bonds. The molecule has 0 aromatic heterocycles. The molecule has 0 atom stereocenters. The molecule has 17 heavy (non-hydrogen) atoms. The summed E-state index contributed by atoms with van der Waals surface area (Å²) in [4.78, 5) is -0.178. The minimum atomic E-state index is -4.27. The molecule has 0 spiro atoms. The average Bonchev–Trinajstić information content (AvgIpc) is 2.19. The van der Waals surface area contributed by atoms with Gasteiger partial charge in [-0.25, -0.2) is 8.42 Å². The number of hydrogen-bond donors (Lipinski definition) is 1. The van der Waals surface area contributed by atoms with Crippen molar-refractivity contribution in [1.82, 2.24) is 0 Å². The van der Waals surface area contributed by atoms with Gasteiger partial charge in [-0.2, -0.15) is 0 Å². The second-order valence-electron chi connectivity index (χ2n) is 3.34. The van der Waals surface area contributed by atoms with Gasteiger partial charge in [0.05, 0.1) is 4.90 Å². The number of aliphatic hydroxyl groups is 1. The summed E-state index contributed by atoms with van der Waals surface area (Å²) in [6.45, 7) is 4.22. The Hall–Kier alpha value is -0.391. The Balaban J connectivity index is 0. The summed E-state index contributed by atoms with van der Waals surface area (Å²) in [7, 11) is -4.27. The van der Waals surface area contributed by atoms with E-state index in [0.29, 0.717) is 6.61 Å². The molecule has 0 heterocycles. The monoisotopic (exact) mass is 301 g/mol. The number of aliphatic hydroxyl groups excluding tert-OH is 1. The number of benzene rings is 1. The largest absolute Gasteiger partial charge is 3.00 e. The summed E-state index contributed by atoms with van der Waals surface area (Å²) in [6.07, 6.45) is 2.04. The van der Waals surface area contributed by atoms with Crippen LogP contribution < -0.4 is 0 Å². The first-order valence-corrected chi connectivity index (χ1v) is 6.46. The van der Waals surface area contributed by atoms with E-state index in [-0.39, 0.29) is 22.0 Å². The Morgan fingerprint density at radius 1 is 1.24 bits per heavy atom. The van der Waals surface area contributed by atoms with Crippen LogP contribution in [0, 0.1) is 6.92 Å². The maximum Gasteiger partial charge on any atom is 3.00 e. The van der Waals surface area contributed by atoms with Gasteiger partial charge in [-0.15, -0.1) is 0 Å². The fraction of sp³-hybridized carbons (Fsp3) is 0.455. The van der Waals surface area contributed by atoms with Crippen LogP contribution in [0.25, 0.3) is 0 Å². The maximum absolute atomic E-state index is 10.4. The van der Waals surface area contributed by atoms with Crippen molar-refractivity contribution in [3.05, 3.63) is 29.8 Å². The van der Waals surface area contributed by atoms with E-state index in [1.165, 1.54) is 12.1 Å². The maximum atomic E-state index is 10.4. The summed E-state index contributed by atoms with van der Waals surface area (Å²) in [5.74, 6) is 0. The number of rotatable bonds is 3. The first-order chi connectivity index (χ1) is 7.41. The number of unbranched alkanes of at least 4 members (excludes halogenated alkanes) is 1. The zero-order valence-electron chi connectivity index (χ0n) is 9.86. The molecule has 0 aliphatic rings. The van der Waals surface area contributed by atoms with Crippen LogP contribution in [0.2, 0.25) is 0 Å². The van der Waals surface area contributed by atoms with Crippen molar-refractivity contribution < 1.29 is 35.1 Å². The average molecular weight is 301 g/mol. The Morgan fingerprint density at radius 2 is 1.71 bits per heavy atom. The minimum Gasteiger partial charge on any atom is -0.744 e. The molecule has 0 bridgehead atoms. The Bertz CT molecular complexity index is 384. The van der Waals surface area contributed by atoms with Gasteiger partial charge in [0.1, 0.15) is 10.1 Å². The first-order valence-electron chi connectivity index (χ1n) is 5.05. The van der Waals surface area contributed by atoms with E-state index in [1.54, 1.807) is 12.1 Å². The molecular weight excluding hydrogens is 284 g/mol. The predicted octanol–water partition coefficient (Wildman–Crippen LogP) is 1.68. The standard InChI is InChI=1S/C7H8O3S.C4H10O.Fe/c1-6-2-4-7(5-3-6)11(8,9)10;1-2-3-4-5;/h2-5H,1H3,(H,8,9,10);5H,2-4H2,1H3;/q;;+3/p-1. The van der Waals surface area contributed by atoms with Gasteiger partial charge in [0.15, 0.2) is 0 Å². The van der Waals surface area contributed by atoms with E-state index in [9.17, 15) is 13.0 Å². The molecule has 6 heteroatoms. The molecular formula is C11H17FeO4S+2. The SMILES string of the molecule is CCCCO.Cc1ccc(S(=O)(=O)[O-])cc1.[Fe+3]. The normalized spacial score (nSPS) is 9.88. The van der Waals surface area contributed by atoms with Crippen molar-refractivity contribution in [1.29, 1.82) is 0 Å². The van der Waals surface area contributed by atoms with Crippen molar-refractivity contribution in [3.8, 4) is 0 Å². The number of aryl methyl sites for hydroxylation is 1. The van der Waals surface area contributed by atoms with Crippen molar-refractivity contribution in [2.75, 3.05) is 6.61 Å². The minimum absolute atomic E-state index is 0. The second-order valence-corrected chi connectivity index (χ2v) is 4.72. The third-order valence-electron chi connectivity index (χ3n) is 1.82. The predicted molar refractivity (Wildman–Crippen MR) is 61.1 cm³/mol. The summed E-state index contributed by atoms with van der Waals surface area (Å²) in [6, 6.07) is 5.78. The summed E-state index contributed by atoms with van der Waals surface area (Å²) < 4.78 is 31.2. The fourth-order valence-corrected chi connectivity index (χ4v) is 1.33. The topological polar surface area (TPSA) is 77.4 Å². The van der Waals surface area contributed by atoms with E-state index in [4.69, 9.17) is 5.11 Å².